The van der Waals surface area contributed by atoms with Crippen LogP contribution in [0.2, 0.25) is 0 Å². The molecule has 0 unspecified atom stereocenters. The average Bonchev–Trinajstić information content (AvgIpc) is 3.20. The first kappa shape index (κ1) is 20.9. The molecule has 164 valence electrons. The number of carbonyl (C=O) groups excluding carboxylic acids is 1. The van der Waals surface area contributed by atoms with Crippen LogP contribution in [0, 0.1) is 16.7 Å². The van der Waals surface area contributed by atoms with E-state index in [4.69, 9.17) is 1.37 Å². The first-order valence-electron chi connectivity index (χ1n) is 10.8. The zero-order valence-corrected chi connectivity index (χ0v) is 20.4. The van der Waals surface area contributed by atoms with E-state index in [-0.39, 0.29) is 23.6 Å². The number of hydrogen-bond donors (Lipinski definition) is 0. The Labute approximate surface area is 189 Å². The fourth-order valence-corrected chi connectivity index (χ4v) is 9.52. The van der Waals surface area contributed by atoms with Crippen molar-refractivity contribution in [2.75, 3.05) is 18.3 Å². The minimum Gasteiger partial charge on any atom is -0.271 e. The Kier molecular flexibility index (Phi) is 5.47. The lowest BCUT2D eigenvalue weighted by atomic mass is 9.69. The summed E-state index contributed by atoms with van der Waals surface area (Å²) >= 11 is 2.74. The summed E-state index contributed by atoms with van der Waals surface area (Å²) in [6, 6.07) is 7.01. The summed E-state index contributed by atoms with van der Waals surface area (Å²) in [4.78, 5) is 18.4. The predicted octanol–water partition coefficient (Wildman–Crippen LogP) is 4.05. The molecule has 4 rings (SSSR count). The second kappa shape index (κ2) is 7.85. The molecule has 3 aliphatic rings. The van der Waals surface area contributed by atoms with E-state index in [0.29, 0.717) is 16.7 Å². The maximum Gasteiger partial charge on any atom is 0.261 e. The van der Waals surface area contributed by atoms with Crippen molar-refractivity contribution in [3.8, 4) is 0 Å². The van der Waals surface area contributed by atoms with Crippen LogP contribution >= 0.6 is 23.5 Å². The molecule has 1 aromatic rings. The Morgan fingerprint density at radius 2 is 1.97 bits per heavy atom. The van der Waals surface area contributed by atoms with Crippen LogP contribution in [0.1, 0.15) is 40.0 Å². The lowest BCUT2D eigenvalue weighted by molar-refractivity contribution is -0.130. The van der Waals surface area contributed by atoms with E-state index in [9.17, 15) is 13.2 Å². The molecule has 1 spiro atoms. The van der Waals surface area contributed by atoms with Gasteiger partial charge < -0.3 is 0 Å². The van der Waals surface area contributed by atoms with Crippen LogP contribution in [0.4, 0.5) is 0 Å². The third kappa shape index (κ3) is 3.34. The van der Waals surface area contributed by atoms with Gasteiger partial charge in [0.2, 0.25) is 10.0 Å². The summed E-state index contributed by atoms with van der Waals surface area (Å²) in [6.45, 7) is 4.31. The van der Waals surface area contributed by atoms with Crippen LogP contribution in [0.15, 0.2) is 35.3 Å². The van der Waals surface area contributed by atoms with Crippen molar-refractivity contribution in [1.29, 1.82) is 0 Å². The highest BCUT2D eigenvalue weighted by Gasteiger charge is 2.72. The van der Waals surface area contributed by atoms with Crippen LogP contribution in [0.3, 0.4) is 0 Å². The summed E-state index contributed by atoms with van der Waals surface area (Å²) in [6.07, 6.45) is 6.27. The molecule has 1 amide bonds. The lowest BCUT2D eigenvalue weighted by Gasteiger charge is -2.37. The first-order chi connectivity index (χ1) is 14.5. The summed E-state index contributed by atoms with van der Waals surface area (Å²) in [5.74, 6) is -0.292. The Hall–Kier alpha value is -0.990. The molecule has 8 heteroatoms. The van der Waals surface area contributed by atoms with Gasteiger partial charge in [-0.05, 0) is 48.7 Å². The van der Waals surface area contributed by atoms with Gasteiger partial charge in [0.15, 0.2) is 0 Å². The molecule has 1 aliphatic heterocycles. The average molecular weight is 468 g/mol. The third-order valence-electron chi connectivity index (χ3n) is 7.65. The van der Waals surface area contributed by atoms with E-state index in [1.807, 2.05) is 42.8 Å². The van der Waals surface area contributed by atoms with Gasteiger partial charge in [0.05, 0.1) is 13.2 Å². The van der Waals surface area contributed by atoms with Crippen molar-refractivity contribution >= 4 is 43.8 Å². The van der Waals surface area contributed by atoms with Gasteiger partial charge in [-0.15, -0.1) is 23.5 Å². The largest absolute Gasteiger partial charge is 0.271 e. The molecule has 1 aromatic carbocycles. The van der Waals surface area contributed by atoms with Gasteiger partial charge in [0, 0.05) is 11.8 Å². The smallest absolute Gasteiger partial charge is 0.261 e. The minimum atomic E-state index is -3.80. The maximum absolute atomic E-state index is 13.9. The Morgan fingerprint density at radius 1 is 1.30 bits per heavy atom. The topological polar surface area (TPSA) is 66.8 Å². The van der Waals surface area contributed by atoms with Crippen molar-refractivity contribution < 1.29 is 14.6 Å². The number of hydrogen-bond acceptors (Lipinski definition) is 6. The van der Waals surface area contributed by atoms with Crippen molar-refractivity contribution in [3.63, 3.8) is 0 Å². The van der Waals surface area contributed by atoms with E-state index in [2.05, 4.69) is 18.8 Å². The molecule has 0 aromatic heterocycles. The molecular formula is C22H30N2O3S3. The van der Waals surface area contributed by atoms with Gasteiger partial charge in [-0.3, -0.25) is 9.79 Å². The number of thioether (sulfide) groups is 2. The van der Waals surface area contributed by atoms with E-state index in [0.717, 1.165) is 22.7 Å². The molecule has 2 aliphatic carbocycles. The van der Waals surface area contributed by atoms with Gasteiger partial charge >= 0.3 is 0 Å². The standard InChI is InChI=1S/C22H30N2O3S3/c1-21(2)16-10-11-22(21)14-30(26,27)24(18(22)13-16)19(25)17(23-20(28-3)29-4)12-15-8-6-5-7-9-15/h5-9,16-18H,10-14H2,1-4H3/t16-,17+,18-,22-/m1/s1/i17D. The number of fused-ring (bicyclic) bond motifs is 1. The fourth-order valence-electron chi connectivity index (χ4n) is 5.92. The number of benzene rings is 1. The van der Waals surface area contributed by atoms with Crippen molar-refractivity contribution in [1.82, 2.24) is 4.31 Å². The zero-order valence-electron chi connectivity index (χ0n) is 18.9. The Bertz CT molecular complexity index is 1010. The molecular weight excluding hydrogens is 436 g/mol. The summed E-state index contributed by atoms with van der Waals surface area (Å²) in [5, 5.41) is 0. The molecule has 0 N–H and O–H groups in total. The van der Waals surface area contributed by atoms with Gasteiger partial charge in [-0.25, -0.2) is 12.7 Å². The molecule has 30 heavy (non-hydrogen) atoms. The van der Waals surface area contributed by atoms with Crippen LogP contribution in [0.5, 0.6) is 0 Å². The van der Waals surface area contributed by atoms with Crippen LogP contribution in [-0.4, -0.2) is 53.3 Å². The van der Waals surface area contributed by atoms with Crippen molar-refractivity contribution in [3.05, 3.63) is 35.9 Å². The number of nitrogens with zero attached hydrogens (tertiary/aromatic N) is 2. The van der Waals surface area contributed by atoms with Crippen molar-refractivity contribution in [2.24, 2.45) is 21.7 Å². The van der Waals surface area contributed by atoms with Crippen LogP contribution in [0.25, 0.3) is 0 Å². The highest BCUT2D eigenvalue weighted by Crippen LogP contribution is 2.70. The maximum atomic E-state index is 13.9. The second-order valence-electron chi connectivity index (χ2n) is 9.12. The van der Waals surface area contributed by atoms with E-state index in [1.54, 1.807) is 0 Å². The molecule has 1 heterocycles. The molecule has 4 atom stereocenters. The van der Waals surface area contributed by atoms with E-state index < -0.39 is 27.4 Å². The lowest BCUT2D eigenvalue weighted by Crippen LogP contribution is -2.48. The number of sulfonamides is 1. The molecule has 0 radical (unpaired) electrons. The SMILES string of the molecule is [2H][C@@](Cc1ccccc1)(N=C(SC)SC)C(=O)N1[C@@H]2C[C@H]3CC[C@]2(CS1(=O)=O)C3(C)C. The molecule has 1 saturated heterocycles. The number of rotatable bonds is 4. The first-order valence-corrected chi connectivity index (χ1v) is 14.3. The molecule has 2 saturated carbocycles. The van der Waals surface area contributed by atoms with Crippen LogP contribution < -0.4 is 0 Å². The van der Waals surface area contributed by atoms with Gasteiger partial charge in [0.1, 0.15) is 10.4 Å². The summed E-state index contributed by atoms with van der Waals surface area (Å²) in [7, 11) is -3.80. The summed E-state index contributed by atoms with van der Waals surface area (Å²) < 4.78 is 37.6. The van der Waals surface area contributed by atoms with E-state index >= 15 is 0 Å². The third-order valence-corrected chi connectivity index (χ3v) is 11.4. The highest BCUT2D eigenvalue weighted by molar-refractivity contribution is 8.38. The van der Waals surface area contributed by atoms with Gasteiger partial charge in [-0.1, -0.05) is 44.2 Å². The molecule has 3 fully saturated rings. The minimum absolute atomic E-state index is 0.00293. The van der Waals surface area contributed by atoms with Gasteiger partial charge in [-0.2, -0.15) is 0 Å². The number of aliphatic imine (C=N–C) groups is 1. The molecule has 2 bridgehead atoms. The molecule has 5 nitrogen and oxygen atoms in total. The monoisotopic (exact) mass is 467 g/mol. The van der Waals surface area contributed by atoms with Crippen molar-refractivity contribution in [2.45, 2.75) is 51.6 Å². The second-order valence-corrected chi connectivity index (χ2v) is 12.8. The Balaban J connectivity index is 1.77. The Morgan fingerprint density at radius 3 is 2.57 bits per heavy atom. The predicted molar refractivity (Wildman–Crippen MR) is 126 cm³/mol. The van der Waals surface area contributed by atoms with Gasteiger partial charge in [0.25, 0.3) is 5.91 Å². The fraction of sp³-hybridized carbons (Fsp3) is 0.636. The van der Waals surface area contributed by atoms with E-state index in [1.165, 1.54) is 23.5 Å². The normalized spacial score (nSPS) is 32.9. The zero-order chi connectivity index (χ0) is 22.7. The quantitative estimate of drug-likeness (QED) is 0.494. The summed E-state index contributed by atoms with van der Waals surface area (Å²) in [5.41, 5.74) is 0.248. The number of amides is 1. The number of carbonyl (C=O) groups is 1. The van der Waals surface area contributed by atoms with Crippen LogP contribution in [-0.2, 0) is 21.2 Å². The highest BCUT2D eigenvalue weighted by atomic mass is 32.2.